The van der Waals surface area contributed by atoms with Crippen LogP contribution in [0.3, 0.4) is 0 Å². The highest BCUT2D eigenvalue weighted by molar-refractivity contribution is 4.79. The molecule has 0 aliphatic carbocycles. The van der Waals surface area contributed by atoms with Gasteiger partial charge in [-0.15, -0.1) is 0 Å². The first kappa shape index (κ1) is 12.0. The van der Waals surface area contributed by atoms with Crippen LogP contribution in [0.4, 0.5) is 0 Å². The van der Waals surface area contributed by atoms with E-state index in [1.807, 2.05) is 0 Å². The second kappa shape index (κ2) is 4.86. The SMILES string of the molecule is CC(C)CCC(C)(C)NC(C)C. The molecule has 0 bridgehead atoms. The van der Waals surface area contributed by atoms with Gasteiger partial charge in [0.05, 0.1) is 0 Å². The summed E-state index contributed by atoms with van der Waals surface area (Å²) in [5, 5.41) is 3.57. The average Bonchev–Trinajstić information content (AvgIpc) is 1.81. The van der Waals surface area contributed by atoms with Gasteiger partial charge in [0.25, 0.3) is 0 Å². The van der Waals surface area contributed by atoms with Crippen molar-refractivity contribution in [3.8, 4) is 0 Å². The molecule has 0 fully saturated rings. The maximum absolute atomic E-state index is 3.57. The fraction of sp³-hybridized carbons (Fsp3) is 1.00. The summed E-state index contributed by atoms with van der Waals surface area (Å²) in [6.07, 6.45) is 2.58. The van der Waals surface area contributed by atoms with E-state index in [1.165, 1.54) is 12.8 Å². The normalized spacial score (nSPS) is 13.0. The van der Waals surface area contributed by atoms with Crippen molar-refractivity contribution in [2.75, 3.05) is 0 Å². The third-order valence-corrected chi connectivity index (χ3v) is 2.03. The molecule has 0 rings (SSSR count). The molecule has 0 radical (unpaired) electrons. The van der Waals surface area contributed by atoms with Crippen LogP contribution in [-0.4, -0.2) is 11.6 Å². The van der Waals surface area contributed by atoms with E-state index < -0.39 is 0 Å². The second-order valence-electron chi connectivity index (χ2n) is 5.12. The van der Waals surface area contributed by atoms with Crippen molar-refractivity contribution in [2.24, 2.45) is 5.92 Å². The molecule has 1 heteroatoms. The van der Waals surface area contributed by atoms with Gasteiger partial charge in [-0.2, -0.15) is 0 Å². The molecule has 0 aromatic carbocycles. The minimum atomic E-state index is 0.304. The Labute approximate surface area is 77.9 Å². The molecule has 0 atom stereocenters. The van der Waals surface area contributed by atoms with Gasteiger partial charge in [0.15, 0.2) is 0 Å². The third-order valence-electron chi connectivity index (χ3n) is 2.03. The van der Waals surface area contributed by atoms with Gasteiger partial charge in [0, 0.05) is 11.6 Å². The molecule has 0 saturated carbocycles. The van der Waals surface area contributed by atoms with Gasteiger partial charge in [-0.3, -0.25) is 0 Å². The quantitative estimate of drug-likeness (QED) is 0.670. The summed E-state index contributed by atoms with van der Waals surface area (Å²) in [4.78, 5) is 0. The standard InChI is InChI=1S/C11H25N/c1-9(2)7-8-11(5,6)12-10(3)4/h9-10,12H,7-8H2,1-6H3. The fourth-order valence-electron chi connectivity index (χ4n) is 1.50. The van der Waals surface area contributed by atoms with Crippen LogP contribution in [0.1, 0.15) is 54.4 Å². The maximum atomic E-state index is 3.57. The molecule has 0 saturated heterocycles. The monoisotopic (exact) mass is 171 g/mol. The van der Waals surface area contributed by atoms with Gasteiger partial charge >= 0.3 is 0 Å². The fourth-order valence-corrected chi connectivity index (χ4v) is 1.50. The van der Waals surface area contributed by atoms with Crippen molar-refractivity contribution in [1.29, 1.82) is 0 Å². The lowest BCUT2D eigenvalue weighted by Gasteiger charge is -2.29. The van der Waals surface area contributed by atoms with Gasteiger partial charge in [-0.05, 0) is 32.6 Å². The lowest BCUT2D eigenvalue weighted by molar-refractivity contribution is 0.309. The molecule has 0 aliphatic heterocycles. The second-order valence-corrected chi connectivity index (χ2v) is 5.12. The highest BCUT2D eigenvalue weighted by atomic mass is 15.0. The molecule has 0 aliphatic rings. The van der Waals surface area contributed by atoms with Crippen LogP contribution in [0.15, 0.2) is 0 Å². The number of rotatable bonds is 5. The average molecular weight is 171 g/mol. The highest BCUT2D eigenvalue weighted by Crippen LogP contribution is 2.16. The van der Waals surface area contributed by atoms with E-state index in [0.29, 0.717) is 11.6 Å². The summed E-state index contributed by atoms with van der Waals surface area (Å²) < 4.78 is 0. The van der Waals surface area contributed by atoms with Gasteiger partial charge in [-0.1, -0.05) is 27.7 Å². The van der Waals surface area contributed by atoms with Crippen molar-refractivity contribution >= 4 is 0 Å². The van der Waals surface area contributed by atoms with E-state index in [-0.39, 0.29) is 0 Å². The molecule has 0 aromatic heterocycles. The minimum absolute atomic E-state index is 0.304. The Morgan fingerprint density at radius 2 is 1.58 bits per heavy atom. The molecule has 12 heavy (non-hydrogen) atoms. The van der Waals surface area contributed by atoms with E-state index in [1.54, 1.807) is 0 Å². The molecule has 1 N–H and O–H groups in total. The van der Waals surface area contributed by atoms with Crippen molar-refractivity contribution in [2.45, 2.75) is 66.0 Å². The number of nitrogens with one attached hydrogen (secondary N) is 1. The van der Waals surface area contributed by atoms with Crippen molar-refractivity contribution < 1.29 is 0 Å². The molecular formula is C11H25N. The summed E-state index contributed by atoms with van der Waals surface area (Å²) >= 11 is 0. The summed E-state index contributed by atoms with van der Waals surface area (Å²) in [7, 11) is 0. The Balaban J connectivity index is 3.71. The first-order valence-corrected chi connectivity index (χ1v) is 5.11. The zero-order chi connectivity index (χ0) is 9.78. The Bertz CT molecular complexity index is 114. The van der Waals surface area contributed by atoms with Crippen LogP contribution in [0.5, 0.6) is 0 Å². The number of hydrogen-bond donors (Lipinski definition) is 1. The van der Waals surface area contributed by atoms with Crippen molar-refractivity contribution in [1.82, 2.24) is 5.32 Å². The Hall–Kier alpha value is -0.0400. The minimum Gasteiger partial charge on any atom is -0.310 e. The summed E-state index contributed by atoms with van der Waals surface area (Å²) in [6, 6.07) is 0.590. The Morgan fingerprint density at radius 3 is 1.92 bits per heavy atom. The third kappa shape index (κ3) is 6.66. The molecule has 0 aromatic rings. The van der Waals surface area contributed by atoms with E-state index in [0.717, 1.165) is 5.92 Å². The molecule has 0 heterocycles. The van der Waals surface area contributed by atoms with Crippen LogP contribution in [0.2, 0.25) is 0 Å². The smallest absolute Gasteiger partial charge is 0.0127 e. The zero-order valence-electron chi connectivity index (χ0n) is 9.57. The maximum Gasteiger partial charge on any atom is 0.0127 e. The van der Waals surface area contributed by atoms with Gasteiger partial charge in [0.2, 0.25) is 0 Å². The summed E-state index contributed by atoms with van der Waals surface area (Å²) in [5.74, 6) is 0.818. The van der Waals surface area contributed by atoms with Gasteiger partial charge in [-0.25, -0.2) is 0 Å². The molecule has 74 valence electrons. The van der Waals surface area contributed by atoms with Crippen molar-refractivity contribution in [3.05, 3.63) is 0 Å². The molecular weight excluding hydrogens is 146 g/mol. The largest absolute Gasteiger partial charge is 0.310 e. The lowest BCUT2D eigenvalue weighted by Crippen LogP contribution is -2.43. The first-order valence-electron chi connectivity index (χ1n) is 5.11. The number of hydrogen-bond acceptors (Lipinski definition) is 1. The first-order chi connectivity index (χ1) is 5.33. The molecule has 0 unspecified atom stereocenters. The van der Waals surface area contributed by atoms with Crippen LogP contribution < -0.4 is 5.32 Å². The van der Waals surface area contributed by atoms with Crippen LogP contribution in [0.25, 0.3) is 0 Å². The van der Waals surface area contributed by atoms with Gasteiger partial charge < -0.3 is 5.32 Å². The predicted molar refractivity (Wildman–Crippen MR) is 56.4 cm³/mol. The van der Waals surface area contributed by atoms with Crippen LogP contribution in [0, 0.1) is 5.92 Å². The van der Waals surface area contributed by atoms with Gasteiger partial charge in [0.1, 0.15) is 0 Å². The molecule has 1 nitrogen and oxygen atoms in total. The van der Waals surface area contributed by atoms with E-state index in [2.05, 4.69) is 46.9 Å². The van der Waals surface area contributed by atoms with E-state index in [9.17, 15) is 0 Å². The molecule has 0 amide bonds. The predicted octanol–water partition coefficient (Wildman–Crippen LogP) is 3.20. The van der Waals surface area contributed by atoms with Crippen LogP contribution in [-0.2, 0) is 0 Å². The van der Waals surface area contributed by atoms with E-state index in [4.69, 9.17) is 0 Å². The lowest BCUT2D eigenvalue weighted by atomic mass is 9.93. The topological polar surface area (TPSA) is 12.0 Å². The van der Waals surface area contributed by atoms with Crippen LogP contribution >= 0.6 is 0 Å². The zero-order valence-corrected chi connectivity index (χ0v) is 9.57. The summed E-state index contributed by atoms with van der Waals surface area (Å²) in [5.41, 5.74) is 0.304. The Morgan fingerprint density at radius 1 is 1.08 bits per heavy atom. The molecule has 0 spiro atoms. The summed E-state index contributed by atoms with van der Waals surface area (Å²) in [6.45, 7) is 13.6. The van der Waals surface area contributed by atoms with E-state index >= 15 is 0 Å². The highest BCUT2D eigenvalue weighted by Gasteiger charge is 2.17. The van der Waals surface area contributed by atoms with Crippen molar-refractivity contribution in [3.63, 3.8) is 0 Å². The Kier molecular flexibility index (Phi) is 4.84.